The Morgan fingerprint density at radius 1 is 1.32 bits per heavy atom. The molecule has 2 amide bonds. The standard InChI is InChI=1S/C18H20N2O4S/c1-23-10-8-20(12-13-5-4-9-24-13)17(21)11-16-18(22)19-14-6-2-3-7-15(14)25-16/h2-7,9,16H,8,10-12H2,1H3,(H,19,22). The van der Waals surface area contributed by atoms with E-state index in [9.17, 15) is 9.59 Å². The van der Waals surface area contributed by atoms with Crippen molar-refractivity contribution in [1.82, 2.24) is 4.90 Å². The molecule has 1 atom stereocenters. The fraction of sp³-hybridized carbons (Fsp3) is 0.333. The van der Waals surface area contributed by atoms with Gasteiger partial charge in [0.1, 0.15) is 5.76 Å². The molecule has 0 saturated heterocycles. The molecule has 1 unspecified atom stereocenters. The number of carbonyl (C=O) groups is 2. The van der Waals surface area contributed by atoms with E-state index in [-0.39, 0.29) is 18.2 Å². The zero-order chi connectivity index (χ0) is 17.6. The molecule has 25 heavy (non-hydrogen) atoms. The lowest BCUT2D eigenvalue weighted by Crippen LogP contribution is -2.38. The summed E-state index contributed by atoms with van der Waals surface area (Å²) >= 11 is 1.43. The van der Waals surface area contributed by atoms with Crippen molar-refractivity contribution in [2.45, 2.75) is 23.1 Å². The first kappa shape index (κ1) is 17.6. The first-order chi connectivity index (χ1) is 12.2. The molecule has 132 valence electrons. The fourth-order valence-electron chi connectivity index (χ4n) is 2.60. The minimum absolute atomic E-state index is 0.0968. The molecule has 3 rings (SSSR count). The highest BCUT2D eigenvalue weighted by Crippen LogP contribution is 2.36. The molecule has 1 aromatic heterocycles. The summed E-state index contributed by atoms with van der Waals surface area (Å²) < 4.78 is 10.4. The third kappa shape index (κ3) is 4.43. The van der Waals surface area contributed by atoms with Gasteiger partial charge in [-0.15, -0.1) is 11.8 Å². The average molecular weight is 360 g/mol. The van der Waals surface area contributed by atoms with Crippen LogP contribution in [0.3, 0.4) is 0 Å². The molecule has 0 aliphatic carbocycles. The largest absolute Gasteiger partial charge is 0.467 e. The van der Waals surface area contributed by atoms with Crippen LogP contribution in [0.4, 0.5) is 5.69 Å². The number of methoxy groups -OCH3 is 1. The Morgan fingerprint density at radius 3 is 2.92 bits per heavy atom. The number of hydrogen-bond acceptors (Lipinski definition) is 5. The minimum Gasteiger partial charge on any atom is -0.467 e. The lowest BCUT2D eigenvalue weighted by atomic mass is 10.2. The van der Waals surface area contributed by atoms with Gasteiger partial charge in [0.15, 0.2) is 0 Å². The fourth-order valence-corrected chi connectivity index (χ4v) is 3.70. The Kier molecular flexibility index (Phi) is 5.78. The molecule has 0 radical (unpaired) electrons. The van der Waals surface area contributed by atoms with Gasteiger partial charge >= 0.3 is 0 Å². The molecule has 2 heterocycles. The van der Waals surface area contributed by atoms with Gasteiger partial charge in [-0.1, -0.05) is 12.1 Å². The van der Waals surface area contributed by atoms with Gasteiger partial charge in [0.2, 0.25) is 11.8 Å². The van der Waals surface area contributed by atoms with Crippen LogP contribution < -0.4 is 5.32 Å². The molecule has 1 aromatic carbocycles. The third-order valence-corrected chi connectivity index (χ3v) is 5.19. The van der Waals surface area contributed by atoms with E-state index in [2.05, 4.69) is 5.32 Å². The van der Waals surface area contributed by atoms with Crippen LogP contribution in [0.1, 0.15) is 12.2 Å². The van der Waals surface area contributed by atoms with E-state index in [0.717, 1.165) is 10.6 Å². The predicted molar refractivity (Wildman–Crippen MR) is 95.3 cm³/mol. The minimum atomic E-state index is -0.441. The Morgan fingerprint density at radius 2 is 2.16 bits per heavy atom. The van der Waals surface area contributed by atoms with E-state index in [0.29, 0.717) is 25.5 Å². The number of ether oxygens (including phenoxy) is 1. The number of nitrogens with zero attached hydrogens (tertiary/aromatic N) is 1. The normalized spacial score (nSPS) is 16.2. The summed E-state index contributed by atoms with van der Waals surface area (Å²) in [5.41, 5.74) is 0.799. The summed E-state index contributed by atoms with van der Waals surface area (Å²) in [5, 5.41) is 2.43. The summed E-state index contributed by atoms with van der Waals surface area (Å²) in [6.45, 7) is 1.25. The molecule has 0 bridgehead atoms. The van der Waals surface area contributed by atoms with Crippen molar-refractivity contribution in [2.75, 3.05) is 25.6 Å². The number of amides is 2. The summed E-state index contributed by atoms with van der Waals surface area (Å²) in [6.07, 6.45) is 1.71. The van der Waals surface area contributed by atoms with E-state index < -0.39 is 5.25 Å². The summed E-state index contributed by atoms with van der Waals surface area (Å²) in [7, 11) is 1.59. The van der Waals surface area contributed by atoms with E-state index in [1.807, 2.05) is 30.3 Å². The highest BCUT2D eigenvalue weighted by molar-refractivity contribution is 8.01. The van der Waals surface area contributed by atoms with Gasteiger partial charge in [-0.3, -0.25) is 9.59 Å². The maximum absolute atomic E-state index is 12.7. The lowest BCUT2D eigenvalue weighted by molar-refractivity contribution is -0.134. The number of thioether (sulfide) groups is 1. The van der Waals surface area contributed by atoms with Crippen LogP contribution in [0.2, 0.25) is 0 Å². The molecule has 6 nitrogen and oxygen atoms in total. The van der Waals surface area contributed by atoms with Crippen LogP contribution in [0, 0.1) is 0 Å². The van der Waals surface area contributed by atoms with Gasteiger partial charge in [0, 0.05) is 25.0 Å². The number of benzene rings is 1. The Labute approximate surface area is 150 Å². The van der Waals surface area contributed by atoms with Gasteiger partial charge < -0.3 is 19.4 Å². The zero-order valence-corrected chi connectivity index (χ0v) is 14.8. The molecule has 1 N–H and O–H groups in total. The molecular formula is C18H20N2O4S. The second-order valence-corrected chi connectivity index (χ2v) is 6.93. The number of nitrogens with one attached hydrogen (secondary N) is 1. The maximum Gasteiger partial charge on any atom is 0.238 e. The Bertz CT molecular complexity index is 732. The quantitative estimate of drug-likeness (QED) is 0.822. The first-order valence-electron chi connectivity index (χ1n) is 8.03. The molecule has 0 fully saturated rings. The zero-order valence-electron chi connectivity index (χ0n) is 13.9. The molecule has 0 spiro atoms. The molecule has 1 aliphatic heterocycles. The van der Waals surface area contributed by atoms with Crippen LogP contribution in [-0.4, -0.2) is 42.2 Å². The number of rotatable bonds is 7. The highest BCUT2D eigenvalue weighted by Gasteiger charge is 2.30. The van der Waals surface area contributed by atoms with E-state index >= 15 is 0 Å². The van der Waals surface area contributed by atoms with Gasteiger partial charge in [-0.25, -0.2) is 0 Å². The van der Waals surface area contributed by atoms with Crippen LogP contribution in [0.15, 0.2) is 52.0 Å². The van der Waals surface area contributed by atoms with Gasteiger partial charge in [-0.2, -0.15) is 0 Å². The van der Waals surface area contributed by atoms with Crippen molar-refractivity contribution in [2.24, 2.45) is 0 Å². The number of anilines is 1. The first-order valence-corrected chi connectivity index (χ1v) is 8.91. The van der Waals surface area contributed by atoms with Crippen molar-refractivity contribution in [1.29, 1.82) is 0 Å². The average Bonchev–Trinajstić information content (AvgIpc) is 3.12. The molecule has 2 aromatic rings. The van der Waals surface area contributed by atoms with Crippen LogP contribution in [-0.2, 0) is 20.9 Å². The number of carbonyl (C=O) groups excluding carboxylic acids is 2. The second kappa shape index (κ2) is 8.22. The maximum atomic E-state index is 12.7. The van der Waals surface area contributed by atoms with E-state index in [1.54, 1.807) is 24.3 Å². The number of furan rings is 1. The van der Waals surface area contributed by atoms with Gasteiger partial charge in [0.05, 0.1) is 30.4 Å². The Balaban J connectivity index is 1.67. The Hall–Kier alpha value is -2.25. The smallest absolute Gasteiger partial charge is 0.238 e. The summed E-state index contributed by atoms with van der Waals surface area (Å²) in [6, 6.07) is 11.2. The van der Waals surface area contributed by atoms with Crippen LogP contribution in [0.5, 0.6) is 0 Å². The number of hydrogen-bond donors (Lipinski definition) is 1. The van der Waals surface area contributed by atoms with Gasteiger partial charge in [-0.05, 0) is 24.3 Å². The van der Waals surface area contributed by atoms with E-state index in [4.69, 9.17) is 9.15 Å². The van der Waals surface area contributed by atoms with Crippen molar-refractivity contribution < 1.29 is 18.7 Å². The predicted octanol–water partition coefficient (Wildman–Crippen LogP) is 2.76. The summed E-state index contributed by atoms with van der Waals surface area (Å²) in [5.74, 6) is 0.470. The van der Waals surface area contributed by atoms with Crippen molar-refractivity contribution in [3.05, 3.63) is 48.4 Å². The third-order valence-electron chi connectivity index (χ3n) is 3.91. The SMILES string of the molecule is COCCN(Cc1ccco1)C(=O)CC1Sc2ccccc2NC1=O. The second-order valence-electron chi connectivity index (χ2n) is 5.68. The molecule has 7 heteroatoms. The van der Waals surface area contributed by atoms with Gasteiger partial charge in [0.25, 0.3) is 0 Å². The molecule has 1 aliphatic rings. The van der Waals surface area contributed by atoms with E-state index in [1.165, 1.54) is 11.8 Å². The molecule has 0 saturated carbocycles. The monoisotopic (exact) mass is 360 g/mol. The summed E-state index contributed by atoms with van der Waals surface area (Å²) in [4.78, 5) is 27.7. The van der Waals surface area contributed by atoms with Crippen molar-refractivity contribution in [3.8, 4) is 0 Å². The topological polar surface area (TPSA) is 71.8 Å². The van der Waals surface area contributed by atoms with Crippen molar-refractivity contribution >= 4 is 29.3 Å². The molecular weight excluding hydrogens is 340 g/mol. The number of fused-ring (bicyclic) bond motifs is 1. The van der Waals surface area contributed by atoms with Crippen LogP contribution >= 0.6 is 11.8 Å². The number of para-hydroxylation sites is 1. The highest BCUT2D eigenvalue weighted by atomic mass is 32.2. The van der Waals surface area contributed by atoms with Crippen LogP contribution in [0.25, 0.3) is 0 Å². The lowest BCUT2D eigenvalue weighted by Gasteiger charge is -2.27. The van der Waals surface area contributed by atoms with Crippen molar-refractivity contribution in [3.63, 3.8) is 0 Å².